The lowest BCUT2D eigenvalue weighted by atomic mass is 10.2. The van der Waals surface area contributed by atoms with E-state index < -0.39 is 10.8 Å². The van der Waals surface area contributed by atoms with Crippen LogP contribution in [0.15, 0.2) is 0 Å². The number of nitrogens with zero attached hydrogens (tertiary/aromatic N) is 2. The molecule has 2 unspecified atom stereocenters. The van der Waals surface area contributed by atoms with Gasteiger partial charge in [0.05, 0.1) is 0 Å². The number of alkyl halides is 2. The van der Waals surface area contributed by atoms with Gasteiger partial charge in [0.15, 0.2) is 0 Å². The molecule has 68 valence electrons. The summed E-state index contributed by atoms with van der Waals surface area (Å²) in [6.45, 7) is 0. The van der Waals surface area contributed by atoms with E-state index in [0.29, 0.717) is 0 Å². The first kappa shape index (κ1) is 9.61. The number of carbonyl (C=O) groups excluding carboxylic acids is 2. The zero-order chi connectivity index (χ0) is 9.46. The summed E-state index contributed by atoms with van der Waals surface area (Å²) < 4.78 is 0. The highest BCUT2D eigenvalue weighted by atomic mass is 35.5. The van der Waals surface area contributed by atoms with Crippen LogP contribution in [0.25, 0.3) is 0 Å². The second-order valence-corrected chi connectivity index (χ2v) is 3.47. The Morgan fingerprint density at radius 3 is 1.50 bits per heavy atom. The van der Waals surface area contributed by atoms with Gasteiger partial charge in [-0.2, -0.15) is 0 Å². The molecule has 0 N–H and O–H groups in total. The normalized spacial score (nSPS) is 31.3. The number of hydrogen-bond acceptors (Lipinski definition) is 2. The molecule has 0 aromatic carbocycles. The van der Waals surface area contributed by atoms with Crippen LogP contribution in [-0.4, -0.2) is 46.7 Å². The molecule has 6 heteroatoms. The molecule has 2 amide bonds. The van der Waals surface area contributed by atoms with Crippen molar-refractivity contribution in [1.29, 1.82) is 0 Å². The van der Waals surface area contributed by atoms with Crippen molar-refractivity contribution in [2.45, 2.75) is 10.8 Å². The van der Waals surface area contributed by atoms with Crippen molar-refractivity contribution in [1.82, 2.24) is 10.0 Å². The third kappa shape index (κ3) is 1.25. The monoisotopic (exact) mass is 210 g/mol. The first-order chi connectivity index (χ1) is 5.46. The maximum absolute atomic E-state index is 11.2. The third-order valence-electron chi connectivity index (χ3n) is 1.82. The first-order valence-corrected chi connectivity index (χ1v) is 4.17. The molecule has 0 aromatic heterocycles. The molecule has 1 aliphatic rings. The van der Waals surface area contributed by atoms with Gasteiger partial charge < -0.3 is 0 Å². The van der Waals surface area contributed by atoms with Crippen LogP contribution < -0.4 is 0 Å². The molecule has 0 radical (unpaired) electrons. The summed E-state index contributed by atoms with van der Waals surface area (Å²) in [5, 5.41) is 0.387. The highest BCUT2D eigenvalue weighted by Gasteiger charge is 2.41. The lowest BCUT2D eigenvalue weighted by Gasteiger charge is -2.36. The van der Waals surface area contributed by atoms with Crippen LogP contribution in [0, 0.1) is 0 Å². The number of hydrogen-bond donors (Lipinski definition) is 0. The van der Waals surface area contributed by atoms with Gasteiger partial charge in [-0.15, -0.1) is 23.2 Å². The van der Waals surface area contributed by atoms with Crippen molar-refractivity contribution in [2.24, 2.45) is 0 Å². The summed E-state index contributed by atoms with van der Waals surface area (Å²) in [5.74, 6) is -0.725. The third-order valence-corrected chi connectivity index (χ3v) is 2.82. The first-order valence-electron chi connectivity index (χ1n) is 3.30. The maximum Gasteiger partial charge on any atom is 0.261 e. The standard InChI is InChI=1S/C6H8Cl2N2O2/c1-9-5(11)3(7)4(8)6(12)10(9)2/h3-4H,1-2H3. The minimum atomic E-state index is -0.958. The van der Waals surface area contributed by atoms with Gasteiger partial charge in [-0.1, -0.05) is 0 Å². The van der Waals surface area contributed by atoms with E-state index in [0.717, 1.165) is 10.0 Å². The van der Waals surface area contributed by atoms with E-state index in [4.69, 9.17) is 23.2 Å². The van der Waals surface area contributed by atoms with Crippen LogP contribution in [0.5, 0.6) is 0 Å². The van der Waals surface area contributed by atoms with Crippen LogP contribution in [0.3, 0.4) is 0 Å². The van der Waals surface area contributed by atoms with Crippen molar-refractivity contribution < 1.29 is 9.59 Å². The molecule has 0 spiro atoms. The Balaban J connectivity index is 2.91. The number of amides is 2. The van der Waals surface area contributed by atoms with Gasteiger partial charge in [0.2, 0.25) is 0 Å². The number of halogens is 2. The summed E-state index contributed by atoms with van der Waals surface area (Å²) >= 11 is 11.2. The minimum Gasteiger partial charge on any atom is -0.271 e. The highest BCUT2D eigenvalue weighted by Crippen LogP contribution is 2.20. The number of hydrazine groups is 1. The average Bonchev–Trinajstić information content (AvgIpc) is 2.08. The van der Waals surface area contributed by atoms with E-state index in [-0.39, 0.29) is 11.8 Å². The summed E-state index contributed by atoms with van der Waals surface area (Å²) in [7, 11) is 2.94. The van der Waals surface area contributed by atoms with Gasteiger partial charge in [-0.3, -0.25) is 19.6 Å². The minimum absolute atomic E-state index is 0.362. The van der Waals surface area contributed by atoms with E-state index >= 15 is 0 Å². The van der Waals surface area contributed by atoms with Crippen LogP contribution in [0.2, 0.25) is 0 Å². The molecular weight excluding hydrogens is 203 g/mol. The molecule has 0 saturated carbocycles. The Labute approximate surface area is 80.0 Å². The molecular formula is C6H8Cl2N2O2. The molecule has 1 rings (SSSR count). The van der Waals surface area contributed by atoms with Gasteiger partial charge in [0.1, 0.15) is 10.8 Å². The van der Waals surface area contributed by atoms with E-state index in [1.807, 2.05) is 0 Å². The van der Waals surface area contributed by atoms with E-state index in [9.17, 15) is 9.59 Å². The van der Waals surface area contributed by atoms with Crippen LogP contribution in [0.1, 0.15) is 0 Å². The van der Waals surface area contributed by atoms with Crippen molar-refractivity contribution in [3.63, 3.8) is 0 Å². The SMILES string of the molecule is CN1C(=O)C(Cl)C(Cl)C(=O)N1C. The van der Waals surface area contributed by atoms with Crippen molar-refractivity contribution in [3.8, 4) is 0 Å². The zero-order valence-corrected chi connectivity index (χ0v) is 8.13. The average molecular weight is 211 g/mol. The molecule has 0 bridgehead atoms. The number of carbonyl (C=O) groups is 2. The van der Waals surface area contributed by atoms with E-state index in [2.05, 4.69) is 0 Å². The molecule has 12 heavy (non-hydrogen) atoms. The van der Waals surface area contributed by atoms with Gasteiger partial charge in [-0.25, -0.2) is 0 Å². The summed E-state index contributed by atoms with van der Waals surface area (Å²) in [5.41, 5.74) is 0. The molecule has 1 fully saturated rings. The lowest BCUT2D eigenvalue weighted by Crippen LogP contribution is -2.59. The van der Waals surface area contributed by atoms with Crippen molar-refractivity contribution >= 4 is 35.0 Å². The molecule has 1 saturated heterocycles. The van der Waals surface area contributed by atoms with E-state index in [1.54, 1.807) is 0 Å². The fraction of sp³-hybridized carbons (Fsp3) is 0.667. The topological polar surface area (TPSA) is 40.6 Å². The smallest absolute Gasteiger partial charge is 0.261 e. The Morgan fingerprint density at radius 1 is 1.00 bits per heavy atom. The van der Waals surface area contributed by atoms with Crippen LogP contribution >= 0.6 is 23.2 Å². The molecule has 1 heterocycles. The van der Waals surface area contributed by atoms with Crippen molar-refractivity contribution in [2.75, 3.05) is 14.1 Å². The Kier molecular flexibility index (Phi) is 2.49. The summed E-state index contributed by atoms with van der Waals surface area (Å²) in [6, 6.07) is 0. The second kappa shape index (κ2) is 3.11. The summed E-state index contributed by atoms with van der Waals surface area (Å²) in [4.78, 5) is 22.4. The Hall–Kier alpha value is -0.480. The van der Waals surface area contributed by atoms with Crippen LogP contribution in [0.4, 0.5) is 0 Å². The second-order valence-electron chi connectivity index (χ2n) is 2.53. The lowest BCUT2D eigenvalue weighted by molar-refractivity contribution is -0.163. The predicted molar refractivity (Wildman–Crippen MR) is 44.8 cm³/mol. The fourth-order valence-electron chi connectivity index (χ4n) is 0.903. The molecule has 1 aliphatic heterocycles. The number of rotatable bonds is 0. The van der Waals surface area contributed by atoms with Gasteiger partial charge >= 0.3 is 0 Å². The molecule has 0 aromatic rings. The van der Waals surface area contributed by atoms with Gasteiger partial charge in [0.25, 0.3) is 11.8 Å². The maximum atomic E-state index is 11.2. The fourth-order valence-corrected chi connectivity index (χ4v) is 1.40. The zero-order valence-electron chi connectivity index (χ0n) is 6.62. The predicted octanol–water partition coefficient (Wildman–Crippen LogP) is 0.0466. The Bertz CT molecular complexity index is 190. The van der Waals surface area contributed by atoms with E-state index in [1.165, 1.54) is 14.1 Å². The molecule has 0 aliphatic carbocycles. The van der Waals surface area contributed by atoms with Crippen molar-refractivity contribution in [3.05, 3.63) is 0 Å². The molecule has 2 atom stereocenters. The van der Waals surface area contributed by atoms with Gasteiger partial charge in [0, 0.05) is 14.1 Å². The largest absolute Gasteiger partial charge is 0.271 e. The molecule has 4 nitrogen and oxygen atoms in total. The van der Waals surface area contributed by atoms with Crippen LogP contribution in [-0.2, 0) is 9.59 Å². The summed E-state index contributed by atoms with van der Waals surface area (Å²) in [6.07, 6.45) is 0. The quantitative estimate of drug-likeness (QED) is 0.531. The highest BCUT2D eigenvalue weighted by molar-refractivity contribution is 6.43. The van der Waals surface area contributed by atoms with Gasteiger partial charge in [-0.05, 0) is 0 Å². The Morgan fingerprint density at radius 2 is 1.25 bits per heavy atom.